The van der Waals surface area contributed by atoms with Crippen molar-refractivity contribution in [3.8, 4) is 0 Å². The molecule has 2 rings (SSSR count). The van der Waals surface area contributed by atoms with Crippen molar-refractivity contribution in [3.63, 3.8) is 0 Å². The summed E-state index contributed by atoms with van der Waals surface area (Å²) in [6.07, 6.45) is 2.54. The fraction of sp³-hybridized carbons (Fsp3) is 0.769. The van der Waals surface area contributed by atoms with Crippen molar-refractivity contribution >= 4 is 11.3 Å². The minimum Gasteiger partial charge on any atom is -0.317 e. The van der Waals surface area contributed by atoms with E-state index in [0.29, 0.717) is 0 Å². The molecule has 2 heterocycles. The van der Waals surface area contributed by atoms with Gasteiger partial charge in [0.15, 0.2) is 0 Å². The Kier molecular flexibility index (Phi) is 3.36. The number of piperidine rings is 1. The molecule has 0 amide bonds. The summed E-state index contributed by atoms with van der Waals surface area (Å²) in [5, 5.41) is 4.72. The number of rotatable bonds is 1. The summed E-state index contributed by atoms with van der Waals surface area (Å²) in [4.78, 5) is 6.29. The first kappa shape index (κ1) is 12.1. The van der Waals surface area contributed by atoms with E-state index in [-0.39, 0.29) is 5.41 Å². The van der Waals surface area contributed by atoms with Gasteiger partial charge in [0, 0.05) is 10.3 Å². The van der Waals surface area contributed by atoms with Crippen LogP contribution >= 0.6 is 11.3 Å². The Morgan fingerprint density at radius 3 is 2.38 bits per heavy atom. The highest BCUT2D eigenvalue weighted by molar-refractivity contribution is 7.12. The van der Waals surface area contributed by atoms with Gasteiger partial charge in [0.2, 0.25) is 0 Å². The summed E-state index contributed by atoms with van der Waals surface area (Å²) >= 11 is 1.93. The van der Waals surface area contributed by atoms with Crippen molar-refractivity contribution in [2.45, 2.75) is 51.9 Å². The van der Waals surface area contributed by atoms with Crippen molar-refractivity contribution in [2.24, 2.45) is 0 Å². The van der Waals surface area contributed by atoms with Crippen LogP contribution in [-0.4, -0.2) is 18.1 Å². The van der Waals surface area contributed by atoms with Crippen LogP contribution in [0.2, 0.25) is 0 Å². The second-order valence-electron chi connectivity index (χ2n) is 5.74. The van der Waals surface area contributed by atoms with E-state index < -0.39 is 0 Å². The molecule has 0 saturated carbocycles. The lowest BCUT2D eigenvalue weighted by Crippen LogP contribution is -2.26. The zero-order valence-corrected chi connectivity index (χ0v) is 11.6. The molecular formula is C13H22N2S. The van der Waals surface area contributed by atoms with Crippen LogP contribution in [0.4, 0.5) is 0 Å². The molecule has 1 aliphatic rings. The third-order valence-electron chi connectivity index (χ3n) is 3.18. The molecule has 0 radical (unpaired) electrons. The van der Waals surface area contributed by atoms with Crippen LogP contribution in [0, 0.1) is 6.92 Å². The van der Waals surface area contributed by atoms with E-state index in [1.807, 2.05) is 11.3 Å². The molecule has 1 saturated heterocycles. The predicted octanol–water partition coefficient (Wildman–Crippen LogP) is 3.22. The zero-order chi connectivity index (χ0) is 11.8. The van der Waals surface area contributed by atoms with Gasteiger partial charge < -0.3 is 5.32 Å². The molecule has 1 aromatic heterocycles. The lowest BCUT2D eigenvalue weighted by molar-refractivity contribution is 0.463. The second kappa shape index (κ2) is 4.46. The van der Waals surface area contributed by atoms with Crippen LogP contribution < -0.4 is 5.32 Å². The molecule has 1 fully saturated rings. The highest BCUT2D eigenvalue weighted by atomic mass is 32.1. The van der Waals surface area contributed by atoms with Crippen LogP contribution in [0.25, 0.3) is 0 Å². The molecule has 2 nitrogen and oxygen atoms in total. The minimum atomic E-state index is 0.195. The highest BCUT2D eigenvalue weighted by Gasteiger charge is 2.24. The molecule has 3 heteroatoms. The van der Waals surface area contributed by atoms with Gasteiger partial charge in [0.25, 0.3) is 0 Å². The minimum absolute atomic E-state index is 0.195. The largest absolute Gasteiger partial charge is 0.317 e. The average Bonchev–Trinajstić information content (AvgIpc) is 2.61. The highest BCUT2D eigenvalue weighted by Crippen LogP contribution is 2.36. The van der Waals surface area contributed by atoms with Crippen LogP contribution in [0.3, 0.4) is 0 Å². The molecular weight excluding hydrogens is 216 g/mol. The molecule has 16 heavy (non-hydrogen) atoms. The van der Waals surface area contributed by atoms with E-state index in [0.717, 1.165) is 19.0 Å². The SMILES string of the molecule is Cc1nc(C(C)(C)C)sc1C1CCNCC1. The third-order valence-corrected chi connectivity index (χ3v) is 4.93. The van der Waals surface area contributed by atoms with Gasteiger partial charge >= 0.3 is 0 Å². The Morgan fingerprint density at radius 1 is 1.25 bits per heavy atom. The Labute approximate surface area is 102 Å². The second-order valence-corrected chi connectivity index (χ2v) is 6.77. The number of nitrogens with one attached hydrogen (secondary N) is 1. The van der Waals surface area contributed by atoms with Gasteiger partial charge in [-0.3, -0.25) is 0 Å². The van der Waals surface area contributed by atoms with Gasteiger partial charge in [-0.1, -0.05) is 20.8 Å². The summed E-state index contributed by atoms with van der Waals surface area (Å²) in [6.45, 7) is 11.2. The summed E-state index contributed by atoms with van der Waals surface area (Å²) < 4.78 is 0. The number of thiazole rings is 1. The molecule has 0 unspecified atom stereocenters. The number of nitrogens with zero attached hydrogens (tertiary/aromatic N) is 1. The standard InChI is InChI=1S/C13H22N2S/c1-9-11(10-5-7-14-8-6-10)16-12(15-9)13(2,3)4/h10,14H,5-8H2,1-4H3. The predicted molar refractivity (Wildman–Crippen MR) is 70.4 cm³/mol. The molecule has 0 spiro atoms. The van der Waals surface area contributed by atoms with Gasteiger partial charge in [-0.05, 0) is 38.8 Å². The topological polar surface area (TPSA) is 24.9 Å². The molecule has 0 aliphatic carbocycles. The molecule has 0 atom stereocenters. The first-order valence-corrected chi connectivity index (χ1v) is 6.98. The van der Waals surface area contributed by atoms with E-state index in [1.165, 1.54) is 28.4 Å². The van der Waals surface area contributed by atoms with E-state index >= 15 is 0 Å². The summed E-state index contributed by atoms with van der Waals surface area (Å²) in [6, 6.07) is 0. The summed E-state index contributed by atoms with van der Waals surface area (Å²) in [5.41, 5.74) is 1.46. The summed E-state index contributed by atoms with van der Waals surface area (Å²) in [7, 11) is 0. The van der Waals surface area contributed by atoms with Gasteiger partial charge in [0.1, 0.15) is 0 Å². The molecule has 90 valence electrons. The lowest BCUT2D eigenvalue weighted by Gasteiger charge is -2.21. The van der Waals surface area contributed by atoms with E-state index in [9.17, 15) is 0 Å². The molecule has 1 aliphatic heterocycles. The van der Waals surface area contributed by atoms with Crippen molar-refractivity contribution in [3.05, 3.63) is 15.6 Å². The fourth-order valence-corrected chi connectivity index (χ4v) is 3.48. The Morgan fingerprint density at radius 2 is 1.88 bits per heavy atom. The van der Waals surface area contributed by atoms with Gasteiger partial charge in [0.05, 0.1) is 10.7 Å². The number of hydrogen-bond acceptors (Lipinski definition) is 3. The van der Waals surface area contributed by atoms with Gasteiger partial charge in [-0.2, -0.15) is 0 Å². The third kappa shape index (κ3) is 2.46. The van der Waals surface area contributed by atoms with Crippen LogP contribution in [0.5, 0.6) is 0 Å². The molecule has 1 N–H and O–H groups in total. The molecule has 1 aromatic rings. The molecule has 0 bridgehead atoms. The number of aromatic nitrogens is 1. The van der Waals surface area contributed by atoms with Crippen molar-refractivity contribution in [2.75, 3.05) is 13.1 Å². The van der Waals surface area contributed by atoms with Crippen LogP contribution in [0.1, 0.15) is 55.1 Å². The fourth-order valence-electron chi connectivity index (χ4n) is 2.19. The van der Waals surface area contributed by atoms with Gasteiger partial charge in [-0.25, -0.2) is 4.98 Å². The number of hydrogen-bond donors (Lipinski definition) is 1. The lowest BCUT2D eigenvalue weighted by atomic mass is 9.95. The van der Waals surface area contributed by atoms with E-state index in [1.54, 1.807) is 0 Å². The first-order chi connectivity index (χ1) is 7.48. The maximum Gasteiger partial charge on any atom is 0.0984 e. The van der Waals surface area contributed by atoms with E-state index in [4.69, 9.17) is 4.98 Å². The monoisotopic (exact) mass is 238 g/mol. The van der Waals surface area contributed by atoms with Gasteiger partial charge in [-0.15, -0.1) is 11.3 Å². The normalized spacial score (nSPS) is 19.0. The van der Waals surface area contributed by atoms with E-state index in [2.05, 4.69) is 33.0 Å². The first-order valence-electron chi connectivity index (χ1n) is 6.17. The maximum absolute atomic E-state index is 4.76. The van der Waals surface area contributed by atoms with Crippen molar-refractivity contribution in [1.29, 1.82) is 0 Å². The van der Waals surface area contributed by atoms with Crippen molar-refractivity contribution in [1.82, 2.24) is 10.3 Å². The maximum atomic E-state index is 4.76. The average molecular weight is 238 g/mol. The quantitative estimate of drug-likeness (QED) is 0.812. The summed E-state index contributed by atoms with van der Waals surface area (Å²) in [5.74, 6) is 0.745. The zero-order valence-electron chi connectivity index (χ0n) is 10.8. The van der Waals surface area contributed by atoms with Crippen LogP contribution in [0.15, 0.2) is 0 Å². The smallest absolute Gasteiger partial charge is 0.0984 e. The Balaban J connectivity index is 2.24. The Bertz CT molecular complexity index is 356. The Hall–Kier alpha value is -0.410. The van der Waals surface area contributed by atoms with Crippen LogP contribution in [-0.2, 0) is 5.41 Å². The number of aryl methyl sites for hydroxylation is 1. The van der Waals surface area contributed by atoms with Crippen molar-refractivity contribution < 1.29 is 0 Å². The molecule has 0 aromatic carbocycles.